The van der Waals surface area contributed by atoms with Crippen molar-refractivity contribution in [2.75, 3.05) is 5.73 Å². The molecule has 0 atom stereocenters. The zero-order valence-electron chi connectivity index (χ0n) is 10.7. The number of nitrogens with zero attached hydrogens (tertiary/aromatic N) is 2. The third kappa shape index (κ3) is 2.30. The van der Waals surface area contributed by atoms with Crippen molar-refractivity contribution in [3.8, 4) is 0 Å². The summed E-state index contributed by atoms with van der Waals surface area (Å²) in [6.07, 6.45) is 1.55. The molecule has 2 N–H and O–H groups in total. The van der Waals surface area contributed by atoms with Crippen LogP contribution in [0.2, 0.25) is 0 Å². The van der Waals surface area contributed by atoms with Gasteiger partial charge in [0.25, 0.3) is 15.9 Å². The fourth-order valence-electron chi connectivity index (χ4n) is 2.10. The van der Waals surface area contributed by atoms with Crippen molar-refractivity contribution >= 4 is 37.5 Å². The fraction of sp³-hybridized carbons (Fsp3) is 0.0769. The molecule has 0 saturated heterocycles. The van der Waals surface area contributed by atoms with Crippen LogP contribution in [0.25, 0.3) is 0 Å². The smallest absolute Gasteiger partial charge is 0.269 e. The van der Waals surface area contributed by atoms with E-state index in [1.807, 2.05) is 0 Å². The lowest BCUT2D eigenvalue weighted by molar-refractivity contribution is 0.0864. The van der Waals surface area contributed by atoms with Gasteiger partial charge in [0, 0.05) is 16.4 Å². The van der Waals surface area contributed by atoms with Gasteiger partial charge >= 0.3 is 0 Å². The van der Waals surface area contributed by atoms with Gasteiger partial charge in [0.2, 0.25) is 0 Å². The molecule has 6 nitrogen and oxygen atoms in total. The molecule has 1 aromatic heterocycles. The van der Waals surface area contributed by atoms with Gasteiger partial charge < -0.3 is 5.73 Å². The number of sulfonamides is 1. The predicted octanol–water partition coefficient (Wildman–Crippen LogP) is 1.77. The predicted molar refractivity (Wildman–Crippen MR) is 79.9 cm³/mol. The number of rotatable bonds is 2. The molecule has 1 aliphatic heterocycles. The molecule has 0 fully saturated rings. The first kappa shape index (κ1) is 14.0. The Morgan fingerprint density at radius 3 is 2.67 bits per heavy atom. The number of hydrogen-bond donors (Lipinski definition) is 1. The molecule has 0 bridgehead atoms. The lowest BCUT2D eigenvalue weighted by atomic mass is 10.2. The number of amides is 1. The quantitative estimate of drug-likeness (QED) is 0.816. The molecular formula is C13H10BrN3O3S. The number of nitrogen functional groups attached to an aromatic ring is 1. The molecule has 8 heteroatoms. The number of anilines is 1. The van der Waals surface area contributed by atoms with Crippen LogP contribution in [0.5, 0.6) is 0 Å². The summed E-state index contributed by atoms with van der Waals surface area (Å²) in [6.45, 7) is -0.108. The lowest BCUT2D eigenvalue weighted by Crippen LogP contribution is -2.29. The molecule has 1 aliphatic rings. The average Bonchev–Trinajstić information content (AvgIpc) is 2.62. The summed E-state index contributed by atoms with van der Waals surface area (Å²) in [5, 5.41) is 0. The number of nitrogens with two attached hydrogens (primary N) is 1. The van der Waals surface area contributed by atoms with Crippen LogP contribution >= 0.6 is 15.9 Å². The maximum atomic E-state index is 12.4. The third-order valence-electron chi connectivity index (χ3n) is 3.12. The van der Waals surface area contributed by atoms with E-state index in [-0.39, 0.29) is 17.0 Å². The van der Waals surface area contributed by atoms with E-state index >= 15 is 0 Å². The Morgan fingerprint density at radius 2 is 2.00 bits per heavy atom. The fourth-order valence-corrected chi connectivity index (χ4v) is 3.90. The molecule has 0 radical (unpaired) electrons. The summed E-state index contributed by atoms with van der Waals surface area (Å²) in [5.41, 5.74) is 6.52. The van der Waals surface area contributed by atoms with Crippen molar-refractivity contribution in [1.29, 1.82) is 0 Å². The summed E-state index contributed by atoms with van der Waals surface area (Å²) >= 11 is 3.25. The van der Waals surface area contributed by atoms with E-state index in [9.17, 15) is 13.2 Å². The van der Waals surface area contributed by atoms with Gasteiger partial charge in [-0.05, 0) is 46.3 Å². The van der Waals surface area contributed by atoms with E-state index in [2.05, 4.69) is 20.9 Å². The molecule has 1 aromatic carbocycles. The monoisotopic (exact) mass is 367 g/mol. The number of hydrogen-bond acceptors (Lipinski definition) is 5. The number of carbonyl (C=O) groups excluding carboxylic acids is 1. The van der Waals surface area contributed by atoms with E-state index in [4.69, 9.17) is 5.73 Å². The van der Waals surface area contributed by atoms with Crippen LogP contribution in [0, 0.1) is 0 Å². The summed E-state index contributed by atoms with van der Waals surface area (Å²) in [4.78, 5) is 16.3. The molecule has 0 saturated carbocycles. The van der Waals surface area contributed by atoms with Crippen molar-refractivity contribution in [2.24, 2.45) is 0 Å². The van der Waals surface area contributed by atoms with Crippen LogP contribution in [-0.2, 0) is 16.6 Å². The van der Waals surface area contributed by atoms with E-state index in [1.54, 1.807) is 18.3 Å². The normalized spacial score (nSPS) is 16.0. The molecule has 0 aliphatic carbocycles. The average molecular weight is 368 g/mol. The number of aromatic nitrogens is 1. The molecule has 0 spiro atoms. The minimum atomic E-state index is -3.87. The number of benzene rings is 1. The first-order valence-corrected chi connectivity index (χ1v) is 8.20. The minimum absolute atomic E-state index is 0.0513. The molecule has 2 heterocycles. The van der Waals surface area contributed by atoms with E-state index < -0.39 is 15.9 Å². The number of fused-ring (bicyclic) bond motifs is 1. The Labute approximate surface area is 129 Å². The minimum Gasteiger partial charge on any atom is -0.399 e. The maximum absolute atomic E-state index is 12.4. The number of halogens is 1. The molecular weight excluding hydrogens is 358 g/mol. The van der Waals surface area contributed by atoms with E-state index in [1.165, 1.54) is 18.2 Å². The summed E-state index contributed by atoms with van der Waals surface area (Å²) in [6, 6.07) is 7.63. The molecule has 21 heavy (non-hydrogen) atoms. The molecule has 3 rings (SSSR count). The SMILES string of the molecule is Nc1ccc2c(c1)S(=O)(=O)N(Cc1ccc(Br)cn1)C2=O. The Morgan fingerprint density at radius 1 is 1.24 bits per heavy atom. The molecule has 1 amide bonds. The topological polar surface area (TPSA) is 93.4 Å². The first-order valence-electron chi connectivity index (χ1n) is 5.96. The number of carbonyl (C=O) groups is 1. The van der Waals surface area contributed by atoms with Gasteiger partial charge in [-0.15, -0.1) is 0 Å². The Hall–Kier alpha value is -1.93. The molecule has 2 aromatic rings. The Kier molecular flexibility index (Phi) is 3.22. The summed E-state index contributed by atoms with van der Waals surface area (Å²) in [7, 11) is -3.87. The van der Waals surface area contributed by atoms with Crippen LogP contribution in [0.4, 0.5) is 5.69 Å². The van der Waals surface area contributed by atoms with Crippen molar-refractivity contribution in [2.45, 2.75) is 11.4 Å². The van der Waals surface area contributed by atoms with Crippen LogP contribution in [0.1, 0.15) is 16.1 Å². The highest BCUT2D eigenvalue weighted by atomic mass is 79.9. The van der Waals surface area contributed by atoms with Gasteiger partial charge in [0.15, 0.2) is 0 Å². The van der Waals surface area contributed by atoms with Gasteiger partial charge in [-0.25, -0.2) is 12.7 Å². The Bertz CT molecular complexity index is 834. The van der Waals surface area contributed by atoms with E-state index in [0.717, 1.165) is 8.78 Å². The number of pyridine rings is 1. The van der Waals surface area contributed by atoms with Gasteiger partial charge in [0.05, 0.1) is 17.8 Å². The van der Waals surface area contributed by atoms with Crippen LogP contribution in [-0.4, -0.2) is 23.6 Å². The summed E-state index contributed by atoms with van der Waals surface area (Å²) in [5.74, 6) is -0.560. The second kappa shape index (κ2) is 4.81. The van der Waals surface area contributed by atoms with Gasteiger partial charge in [0.1, 0.15) is 4.90 Å². The Balaban J connectivity index is 2.02. The zero-order chi connectivity index (χ0) is 15.2. The third-order valence-corrected chi connectivity index (χ3v) is 5.36. The van der Waals surface area contributed by atoms with Gasteiger partial charge in [-0.3, -0.25) is 9.78 Å². The zero-order valence-corrected chi connectivity index (χ0v) is 13.1. The van der Waals surface area contributed by atoms with Crippen LogP contribution < -0.4 is 5.73 Å². The highest BCUT2D eigenvalue weighted by molar-refractivity contribution is 9.10. The standard InChI is InChI=1S/C13H10BrN3O3S/c14-8-1-3-10(16-6-8)7-17-13(18)11-4-2-9(15)5-12(11)21(17,19)20/h1-6H,7,15H2. The largest absolute Gasteiger partial charge is 0.399 e. The van der Waals surface area contributed by atoms with Gasteiger partial charge in [-0.2, -0.15) is 0 Å². The van der Waals surface area contributed by atoms with Crippen LogP contribution in [0.3, 0.4) is 0 Å². The highest BCUT2D eigenvalue weighted by Crippen LogP contribution is 2.32. The lowest BCUT2D eigenvalue weighted by Gasteiger charge is -2.14. The summed E-state index contributed by atoms with van der Waals surface area (Å²) < 4.78 is 26.5. The van der Waals surface area contributed by atoms with Gasteiger partial charge in [-0.1, -0.05) is 0 Å². The maximum Gasteiger partial charge on any atom is 0.269 e. The van der Waals surface area contributed by atoms with Crippen LogP contribution in [0.15, 0.2) is 45.9 Å². The van der Waals surface area contributed by atoms with E-state index in [0.29, 0.717) is 11.4 Å². The highest BCUT2D eigenvalue weighted by Gasteiger charge is 2.41. The second-order valence-corrected chi connectivity index (χ2v) is 7.29. The van der Waals surface area contributed by atoms with Crippen molar-refractivity contribution in [3.63, 3.8) is 0 Å². The first-order chi connectivity index (χ1) is 9.89. The molecule has 108 valence electrons. The van der Waals surface area contributed by atoms with Crippen molar-refractivity contribution < 1.29 is 13.2 Å². The van der Waals surface area contributed by atoms with Crippen molar-refractivity contribution in [1.82, 2.24) is 9.29 Å². The van der Waals surface area contributed by atoms with Crippen molar-refractivity contribution in [3.05, 3.63) is 52.3 Å². The second-order valence-electron chi connectivity index (χ2n) is 4.54. The molecule has 0 unspecified atom stereocenters.